The van der Waals surface area contributed by atoms with Crippen LogP contribution in [-0.4, -0.2) is 43.2 Å². The second-order valence-electron chi connectivity index (χ2n) is 5.94. The number of carbonyl (C=O) groups excluding carboxylic acids is 1. The molecule has 4 heteroatoms. The molecule has 0 unspecified atom stereocenters. The van der Waals surface area contributed by atoms with E-state index in [0.29, 0.717) is 18.6 Å². The van der Waals surface area contributed by atoms with Crippen molar-refractivity contribution in [1.29, 1.82) is 0 Å². The van der Waals surface area contributed by atoms with E-state index in [1.54, 1.807) is 0 Å². The van der Waals surface area contributed by atoms with Gasteiger partial charge in [0.05, 0.1) is 11.5 Å². The van der Waals surface area contributed by atoms with Gasteiger partial charge in [0, 0.05) is 26.2 Å². The summed E-state index contributed by atoms with van der Waals surface area (Å²) in [7, 11) is 0. The van der Waals surface area contributed by atoms with Crippen LogP contribution >= 0.6 is 0 Å². The number of hydrogen-bond acceptors (Lipinski definition) is 3. The fourth-order valence-electron chi connectivity index (χ4n) is 3.50. The van der Waals surface area contributed by atoms with Crippen LogP contribution in [0.2, 0.25) is 0 Å². The Labute approximate surface area is 110 Å². The molecule has 1 aliphatic carbocycles. The lowest BCUT2D eigenvalue weighted by molar-refractivity contribution is -0.152. The topological polar surface area (TPSA) is 55.6 Å². The van der Waals surface area contributed by atoms with Crippen LogP contribution in [-0.2, 0) is 9.53 Å². The van der Waals surface area contributed by atoms with Crippen molar-refractivity contribution in [2.75, 3.05) is 26.2 Å². The van der Waals surface area contributed by atoms with Crippen LogP contribution in [0.5, 0.6) is 0 Å². The third-order valence-electron chi connectivity index (χ3n) is 4.45. The summed E-state index contributed by atoms with van der Waals surface area (Å²) in [6.07, 6.45) is 4.21. The van der Waals surface area contributed by atoms with E-state index in [1.807, 2.05) is 11.8 Å². The van der Waals surface area contributed by atoms with E-state index >= 15 is 0 Å². The van der Waals surface area contributed by atoms with E-state index in [-0.39, 0.29) is 11.3 Å². The van der Waals surface area contributed by atoms with Crippen LogP contribution in [0.1, 0.15) is 39.5 Å². The Kier molecular flexibility index (Phi) is 4.28. The molecule has 2 aliphatic rings. The van der Waals surface area contributed by atoms with Gasteiger partial charge in [0.15, 0.2) is 0 Å². The summed E-state index contributed by atoms with van der Waals surface area (Å²) >= 11 is 0. The van der Waals surface area contributed by atoms with Crippen molar-refractivity contribution >= 4 is 5.91 Å². The number of likely N-dealkylation sites (tertiary alicyclic amines) is 1. The summed E-state index contributed by atoms with van der Waals surface area (Å²) in [5, 5.41) is 0. The lowest BCUT2D eigenvalue weighted by Crippen LogP contribution is -2.56. The zero-order valence-corrected chi connectivity index (χ0v) is 11.7. The maximum Gasteiger partial charge on any atom is 0.230 e. The van der Waals surface area contributed by atoms with Crippen LogP contribution in [0.3, 0.4) is 0 Å². The third kappa shape index (κ3) is 2.54. The predicted molar refractivity (Wildman–Crippen MR) is 71.1 cm³/mol. The minimum absolute atomic E-state index is 0.238. The Hall–Kier alpha value is -0.610. The Balaban J connectivity index is 1.87. The zero-order valence-electron chi connectivity index (χ0n) is 11.7. The molecule has 104 valence electrons. The summed E-state index contributed by atoms with van der Waals surface area (Å²) in [6.45, 7) is 7.16. The quantitative estimate of drug-likeness (QED) is 0.825. The van der Waals surface area contributed by atoms with E-state index in [4.69, 9.17) is 10.5 Å². The van der Waals surface area contributed by atoms with E-state index in [1.165, 1.54) is 0 Å². The maximum atomic E-state index is 12.5. The van der Waals surface area contributed by atoms with Gasteiger partial charge in [-0.1, -0.05) is 6.92 Å². The highest BCUT2D eigenvalue weighted by atomic mass is 16.5. The molecule has 2 fully saturated rings. The zero-order chi connectivity index (χ0) is 13.2. The summed E-state index contributed by atoms with van der Waals surface area (Å²) in [5.41, 5.74) is 5.60. The molecule has 1 aliphatic heterocycles. The standard InChI is InChI=1S/C14H26N2O2/c1-3-18-12-4-6-16(7-5-12)13(17)14(10-15)8-11(2)9-14/h11-12H,3-10,15H2,1-2H3. The van der Waals surface area contributed by atoms with Gasteiger partial charge in [-0.15, -0.1) is 0 Å². The highest BCUT2D eigenvalue weighted by Crippen LogP contribution is 2.46. The van der Waals surface area contributed by atoms with Gasteiger partial charge in [-0.3, -0.25) is 4.79 Å². The van der Waals surface area contributed by atoms with Gasteiger partial charge in [0.25, 0.3) is 0 Å². The SMILES string of the molecule is CCOC1CCN(C(=O)C2(CN)CC(C)C2)CC1. The molecule has 1 saturated heterocycles. The van der Waals surface area contributed by atoms with Gasteiger partial charge in [-0.2, -0.15) is 0 Å². The Morgan fingerprint density at radius 2 is 2.00 bits per heavy atom. The van der Waals surface area contributed by atoms with Gasteiger partial charge in [-0.05, 0) is 38.5 Å². The lowest BCUT2D eigenvalue weighted by atomic mass is 9.61. The molecule has 1 amide bonds. The number of piperidine rings is 1. The molecular weight excluding hydrogens is 228 g/mol. The highest BCUT2D eigenvalue weighted by molar-refractivity contribution is 5.84. The molecule has 18 heavy (non-hydrogen) atoms. The Morgan fingerprint density at radius 1 is 1.39 bits per heavy atom. The molecule has 0 spiro atoms. The van der Waals surface area contributed by atoms with E-state index in [9.17, 15) is 4.79 Å². The van der Waals surface area contributed by atoms with Crippen LogP contribution in [0.25, 0.3) is 0 Å². The minimum atomic E-state index is -0.238. The summed E-state index contributed by atoms with van der Waals surface area (Å²) in [4.78, 5) is 14.6. The highest BCUT2D eigenvalue weighted by Gasteiger charge is 2.49. The summed E-state index contributed by atoms with van der Waals surface area (Å²) in [6, 6.07) is 0. The van der Waals surface area contributed by atoms with Crippen molar-refractivity contribution < 1.29 is 9.53 Å². The molecule has 2 N–H and O–H groups in total. The predicted octanol–water partition coefficient (Wildman–Crippen LogP) is 1.39. The molecule has 0 aromatic heterocycles. The number of nitrogens with two attached hydrogens (primary N) is 1. The first-order valence-corrected chi connectivity index (χ1v) is 7.22. The molecule has 1 saturated carbocycles. The van der Waals surface area contributed by atoms with Crippen LogP contribution in [0.4, 0.5) is 0 Å². The number of hydrogen-bond donors (Lipinski definition) is 1. The fraction of sp³-hybridized carbons (Fsp3) is 0.929. The van der Waals surface area contributed by atoms with Crippen LogP contribution in [0.15, 0.2) is 0 Å². The van der Waals surface area contributed by atoms with Gasteiger partial charge >= 0.3 is 0 Å². The molecule has 2 rings (SSSR count). The first kappa shape index (κ1) is 13.8. The van der Waals surface area contributed by atoms with E-state index in [0.717, 1.165) is 45.4 Å². The Bertz CT molecular complexity index is 292. The van der Waals surface area contributed by atoms with Crippen molar-refractivity contribution in [3.8, 4) is 0 Å². The Morgan fingerprint density at radius 3 is 2.44 bits per heavy atom. The van der Waals surface area contributed by atoms with E-state index < -0.39 is 0 Å². The van der Waals surface area contributed by atoms with Crippen LogP contribution in [0, 0.1) is 11.3 Å². The molecule has 0 aromatic rings. The van der Waals surface area contributed by atoms with E-state index in [2.05, 4.69) is 6.92 Å². The minimum Gasteiger partial charge on any atom is -0.378 e. The van der Waals surface area contributed by atoms with Crippen molar-refractivity contribution in [2.45, 2.75) is 45.6 Å². The largest absolute Gasteiger partial charge is 0.378 e. The summed E-state index contributed by atoms with van der Waals surface area (Å²) < 4.78 is 5.62. The van der Waals surface area contributed by atoms with Crippen LogP contribution < -0.4 is 5.73 Å². The first-order chi connectivity index (χ1) is 8.61. The first-order valence-electron chi connectivity index (χ1n) is 7.22. The van der Waals surface area contributed by atoms with Gasteiger partial charge in [-0.25, -0.2) is 0 Å². The second kappa shape index (κ2) is 5.57. The van der Waals surface area contributed by atoms with Gasteiger partial charge in [0.1, 0.15) is 0 Å². The second-order valence-corrected chi connectivity index (χ2v) is 5.94. The number of rotatable bonds is 4. The normalized spacial score (nSPS) is 33.3. The van der Waals surface area contributed by atoms with Crippen molar-refractivity contribution in [1.82, 2.24) is 4.90 Å². The number of amides is 1. The third-order valence-corrected chi connectivity index (χ3v) is 4.45. The fourth-order valence-corrected chi connectivity index (χ4v) is 3.50. The van der Waals surface area contributed by atoms with Crippen molar-refractivity contribution in [2.24, 2.45) is 17.1 Å². The number of carbonyl (C=O) groups is 1. The smallest absolute Gasteiger partial charge is 0.230 e. The van der Waals surface area contributed by atoms with Gasteiger partial charge in [0.2, 0.25) is 5.91 Å². The molecule has 0 atom stereocenters. The molecule has 0 bridgehead atoms. The van der Waals surface area contributed by atoms with Crippen molar-refractivity contribution in [3.63, 3.8) is 0 Å². The molecule has 0 radical (unpaired) electrons. The average Bonchev–Trinajstić information content (AvgIpc) is 2.35. The number of ether oxygens (including phenoxy) is 1. The maximum absolute atomic E-state index is 12.5. The lowest BCUT2D eigenvalue weighted by Gasteiger charge is -2.48. The van der Waals surface area contributed by atoms with Crippen molar-refractivity contribution in [3.05, 3.63) is 0 Å². The molecular formula is C14H26N2O2. The van der Waals surface area contributed by atoms with Gasteiger partial charge < -0.3 is 15.4 Å². The number of nitrogens with zero attached hydrogens (tertiary/aromatic N) is 1. The summed E-state index contributed by atoms with van der Waals surface area (Å²) in [5.74, 6) is 0.941. The molecule has 0 aromatic carbocycles. The molecule has 1 heterocycles. The monoisotopic (exact) mass is 254 g/mol. The average molecular weight is 254 g/mol. The molecule has 4 nitrogen and oxygen atoms in total.